The van der Waals surface area contributed by atoms with Crippen molar-refractivity contribution in [1.82, 2.24) is 15.0 Å². The van der Waals surface area contributed by atoms with Gasteiger partial charge < -0.3 is 5.11 Å². The van der Waals surface area contributed by atoms with Crippen LogP contribution in [0, 0.1) is 0 Å². The molecule has 0 spiro atoms. The first kappa shape index (κ1) is 16.2. The number of carbonyl (C=O) groups is 1. The normalized spacial score (nSPS) is 11.6. The van der Waals surface area contributed by atoms with Gasteiger partial charge in [-0.25, -0.2) is 9.48 Å². The first-order valence-corrected chi connectivity index (χ1v) is 7.63. The second-order valence-electron chi connectivity index (χ2n) is 6.50. The van der Waals surface area contributed by atoms with Crippen LogP contribution < -0.4 is 0 Å². The average molecular weight is 301 g/mol. The monoisotopic (exact) mass is 301 g/mol. The van der Waals surface area contributed by atoms with Gasteiger partial charge in [0.15, 0.2) is 5.69 Å². The third kappa shape index (κ3) is 3.35. The number of hydrogen-bond donors (Lipinski definition) is 1. The number of hydrogen-bond acceptors (Lipinski definition) is 3. The largest absolute Gasteiger partial charge is 0.476 e. The molecule has 0 unspecified atom stereocenters. The third-order valence-electron chi connectivity index (χ3n) is 3.71. The van der Waals surface area contributed by atoms with Gasteiger partial charge in [0.25, 0.3) is 0 Å². The summed E-state index contributed by atoms with van der Waals surface area (Å²) in [6.45, 7) is 8.55. The lowest BCUT2D eigenvalue weighted by Crippen LogP contribution is -2.11. The summed E-state index contributed by atoms with van der Waals surface area (Å²) in [4.78, 5) is 11.3. The van der Waals surface area contributed by atoms with Crippen LogP contribution in [0.3, 0.4) is 0 Å². The lowest BCUT2D eigenvalue weighted by molar-refractivity contribution is 0.0689. The van der Waals surface area contributed by atoms with Crippen molar-refractivity contribution in [1.29, 1.82) is 0 Å². The summed E-state index contributed by atoms with van der Waals surface area (Å²) in [5.41, 5.74) is 2.87. The van der Waals surface area contributed by atoms with E-state index in [0.29, 0.717) is 12.1 Å². The molecule has 0 aliphatic rings. The summed E-state index contributed by atoms with van der Waals surface area (Å²) in [5, 5.41) is 17.1. The summed E-state index contributed by atoms with van der Waals surface area (Å²) in [5.74, 6) is -1.02. The van der Waals surface area contributed by atoms with E-state index in [-0.39, 0.29) is 11.1 Å². The molecular formula is C17H23N3O2. The fourth-order valence-electron chi connectivity index (χ4n) is 2.35. The van der Waals surface area contributed by atoms with Crippen LogP contribution in [0.1, 0.15) is 62.3 Å². The molecule has 0 radical (unpaired) electrons. The Balaban J connectivity index is 2.41. The van der Waals surface area contributed by atoms with Gasteiger partial charge in [-0.15, -0.1) is 5.10 Å². The van der Waals surface area contributed by atoms with E-state index in [0.717, 1.165) is 18.5 Å². The quantitative estimate of drug-likeness (QED) is 0.916. The summed E-state index contributed by atoms with van der Waals surface area (Å²) >= 11 is 0. The predicted octanol–water partition coefficient (Wildman–Crippen LogP) is 3.61. The van der Waals surface area contributed by atoms with Gasteiger partial charge in [0.2, 0.25) is 0 Å². The van der Waals surface area contributed by atoms with Crippen LogP contribution in [0.2, 0.25) is 0 Å². The molecule has 0 atom stereocenters. The van der Waals surface area contributed by atoms with E-state index in [2.05, 4.69) is 50.1 Å². The number of nitrogens with zero attached hydrogens (tertiary/aromatic N) is 3. The minimum atomic E-state index is -1.02. The van der Waals surface area contributed by atoms with Gasteiger partial charge in [-0.1, -0.05) is 51.5 Å². The van der Waals surface area contributed by atoms with E-state index in [1.165, 1.54) is 5.56 Å². The van der Waals surface area contributed by atoms with Gasteiger partial charge in [-0.2, -0.15) is 0 Å². The molecular weight excluding hydrogens is 278 g/mol. The van der Waals surface area contributed by atoms with Crippen molar-refractivity contribution >= 4 is 5.97 Å². The zero-order valence-electron chi connectivity index (χ0n) is 13.6. The van der Waals surface area contributed by atoms with Crippen LogP contribution in [-0.4, -0.2) is 26.1 Å². The number of benzene rings is 1. The Hall–Kier alpha value is -2.17. The van der Waals surface area contributed by atoms with Gasteiger partial charge in [0, 0.05) is 0 Å². The minimum absolute atomic E-state index is 0.0494. The molecule has 0 fully saturated rings. The smallest absolute Gasteiger partial charge is 0.358 e. The molecule has 1 aromatic carbocycles. The predicted molar refractivity (Wildman–Crippen MR) is 85.6 cm³/mol. The second-order valence-corrected chi connectivity index (χ2v) is 6.50. The fourth-order valence-corrected chi connectivity index (χ4v) is 2.35. The topological polar surface area (TPSA) is 68.0 Å². The number of carboxylic acid groups (broad SMARTS) is 1. The molecule has 0 aliphatic carbocycles. The van der Waals surface area contributed by atoms with Gasteiger partial charge >= 0.3 is 5.97 Å². The zero-order valence-corrected chi connectivity index (χ0v) is 13.6. The maximum absolute atomic E-state index is 11.3. The van der Waals surface area contributed by atoms with Gasteiger partial charge in [-0.05, 0) is 36.0 Å². The molecule has 0 saturated carbocycles. The Labute approximate surface area is 131 Å². The Morgan fingerprint density at radius 1 is 1.23 bits per heavy atom. The van der Waals surface area contributed by atoms with Gasteiger partial charge in [-0.3, -0.25) is 0 Å². The molecule has 1 N–H and O–H groups in total. The van der Waals surface area contributed by atoms with E-state index in [4.69, 9.17) is 0 Å². The van der Waals surface area contributed by atoms with Crippen molar-refractivity contribution in [2.24, 2.45) is 0 Å². The van der Waals surface area contributed by atoms with Crippen molar-refractivity contribution in [2.75, 3.05) is 0 Å². The van der Waals surface area contributed by atoms with Gasteiger partial charge in [0.05, 0.1) is 11.4 Å². The molecule has 5 nitrogen and oxygen atoms in total. The first-order valence-electron chi connectivity index (χ1n) is 7.63. The van der Waals surface area contributed by atoms with E-state index in [1.54, 1.807) is 4.68 Å². The Morgan fingerprint density at radius 2 is 1.86 bits per heavy atom. The van der Waals surface area contributed by atoms with Crippen LogP contribution in [0.15, 0.2) is 24.3 Å². The Morgan fingerprint density at radius 3 is 2.36 bits per heavy atom. The van der Waals surface area contributed by atoms with Crippen molar-refractivity contribution in [3.05, 3.63) is 41.2 Å². The van der Waals surface area contributed by atoms with Crippen LogP contribution in [0.4, 0.5) is 0 Å². The molecule has 22 heavy (non-hydrogen) atoms. The van der Waals surface area contributed by atoms with E-state index >= 15 is 0 Å². The van der Waals surface area contributed by atoms with Gasteiger partial charge in [0.1, 0.15) is 0 Å². The van der Waals surface area contributed by atoms with Crippen molar-refractivity contribution in [2.45, 2.75) is 52.4 Å². The van der Waals surface area contributed by atoms with Crippen molar-refractivity contribution < 1.29 is 9.90 Å². The number of aromatic carboxylic acids is 1. The highest BCUT2D eigenvalue weighted by atomic mass is 16.4. The third-order valence-corrected chi connectivity index (χ3v) is 3.71. The van der Waals surface area contributed by atoms with Crippen molar-refractivity contribution in [3.8, 4) is 5.69 Å². The zero-order chi connectivity index (χ0) is 16.3. The standard InChI is InChI=1S/C17H23N3O2/c1-5-6-7-14-15(16(21)22)18-19-20(14)13-10-8-12(9-11-13)17(2,3)4/h8-11H,5-7H2,1-4H3,(H,21,22). The van der Waals surface area contributed by atoms with E-state index in [9.17, 15) is 9.90 Å². The molecule has 1 aromatic heterocycles. The summed E-state index contributed by atoms with van der Waals surface area (Å²) in [6.07, 6.45) is 2.56. The molecule has 0 amide bonds. The van der Waals surface area contributed by atoms with E-state index < -0.39 is 5.97 Å². The van der Waals surface area contributed by atoms with Crippen LogP contribution >= 0.6 is 0 Å². The second kappa shape index (κ2) is 6.30. The molecule has 2 aromatic rings. The average Bonchev–Trinajstić information content (AvgIpc) is 2.88. The molecule has 0 saturated heterocycles. The molecule has 0 bridgehead atoms. The molecule has 1 heterocycles. The highest BCUT2D eigenvalue weighted by Gasteiger charge is 2.20. The van der Waals surface area contributed by atoms with Crippen LogP contribution in [-0.2, 0) is 11.8 Å². The SMILES string of the molecule is CCCCc1c(C(=O)O)nnn1-c1ccc(C(C)(C)C)cc1. The highest BCUT2D eigenvalue weighted by molar-refractivity contribution is 5.86. The minimum Gasteiger partial charge on any atom is -0.476 e. The lowest BCUT2D eigenvalue weighted by atomic mass is 9.87. The Kier molecular flexibility index (Phi) is 4.64. The molecule has 5 heteroatoms. The first-order chi connectivity index (χ1) is 10.3. The number of unbranched alkanes of at least 4 members (excludes halogenated alkanes) is 1. The fraction of sp³-hybridized carbons (Fsp3) is 0.471. The number of carboxylic acids is 1. The maximum atomic E-state index is 11.3. The molecule has 118 valence electrons. The highest BCUT2D eigenvalue weighted by Crippen LogP contribution is 2.24. The summed E-state index contributed by atoms with van der Waals surface area (Å²) < 4.78 is 1.64. The molecule has 2 rings (SSSR count). The molecule has 0 aliphatic heterocycles. The Bertz CT molecular complexity index is 652. The van der Waals surface area contributed by atoms with E-state index in [1.807, 2.05) is 12.1 Å². The summed E-state index contributed by atoms with van der Waals surface area (Å²) in [6, 6.07) is 8.05. The van der Waals surface area contributed by atoms with Crippen LogP contribution in [0.5, 0.6) is 0 Å². The lowest BCUT2D eigenvalue weighted by Gasteiger charge is -2.19. The van der Waals surface area contributed by atoms with Crippen LogP contribution in [0.25, 0.3) is 5.69 Å². The summed E-state index contributed by atoms with van der Waals surface area (Å²) in [7, 11) is 0. The maximum Gasteiger partial charge on any atom is 0.358 e. The number of aromatic nitrogens is 3. The number of rotatable bonds is 5. The van der Waals surface area contributed by atoms with Crippen molar-refractivity contribution in [3.63, 3.8) is 0 Å².